The Hall–Kier alpha value is -2.13. The first kappa shape index (κ1) is 19.6. The predicted octanol–water partition coefficient (Wildman–Crippen LogP) is 2.62. The van der Waals surface area contributed by atoms with Crippen LogP contribution in [0.1, 0.15) is 10.4 Å². The van der Waals surface area contributed by atoms with Crippen molar-refractivity contribution in [3.8, 4) is 5.75 Å². The van der Waals surface area contributed by atoms with Crippen LogP contribution in [-0.2, 0) is 14.8 Å². The van der Waals surface area contributed by atoms with Gasteiger partial charge < -0.3 is 14.8 Å². The number of hydrogen-bond donors (Lipinski definition) is 1. The van der Waals surface area contributed by atoms with Crippen LogP contribution in [0.5, 0.6) is 5.75 Å². The maximum atomic E-state index is 12.8. The molecule has 1 N–H and O–H groups in total. The molecule has 27 heavy (non-hydrogen) atoms. The van der Waals surface area contributed by atoms with Gasteiger partial charge in [-0.05, 0) is 42.5 Å². The molecule has 0 saturated carbocycles. The van der Waals surface area contributed by atoms with Crippen LogP contribution in [0.25, 0.3) is 0 Å². The highest BCUT2D eigenvalue weighted by molar-refractivity contribution is 7.89. The molecule has 0 spiro atoms. The smallest absolute Gasteiger partial charge is 0.255 e. The normalized spacial score (nSPS) is 15.3. The van der Waals surface area contributed by atoms with Gasteiger partial charge in [-0.2, -0.15) is 4.31 Å². The summed E-state index contributed by atoms with van der Waals surface area (Å²) in [7, 11) is -2.23. The Morgan fingerprint density at radius 2 is 1.81 bits per heavy atom. The first-order valence-corrected chi connectivity index (χ1v) is 10.1. The molecule has 1 amide bonds. The summed E-state index contributed by atoms with van der Waals surface area (Å²) in [6.45, 7) is 1.21. The second-order valence-electron chi connectivity index (χ2n) is 5.84. The second-order valence-corrected chi connectivity index (χ2v) is 8.16. The van der Waals surface area contributed by atoms with Crippen molar-refractivity contribution in [1.82, 2.24) is 4.31 Å². The van der Waals surface area contributed by atoms with Crippen molar-refractivity contribution >= 4 is 33.2 Å². The lowest BCUT2D eigenvalue weighted by molar-refractivity contribution is 0.0730. The van der Waals surface area contributed by atoms with Crippen LogP contribution in [0.3, 0.4) is 0 Å². The minimum absolute atomic E-state index is 0.0430. The molecule has 1 fully saturated rings. The molecular formula is C18H19ClN2O5S. The topological polar surface area (TPSA) is 84.9 Å². The van der Waals surface area contributed by atoms with E-state index in [9.17, 15) is 13.2 Å². The van der Waals surface area contributed by atoms with Gasteiger partial charge in [-0.3, -0.25) is 4.79 Å². The zero-order valence-electron chi connectivity index (χ0n) is 14.6. The van der Waals surface area contributed by atoms with E-state index in [0.717, 1.165) is 0 Å². The molecule has 0 radical (unpaired) electrons. The number of nitrogens with one attached hydrogen (secondary N) is 1. The van der Waals surface area contributed by atoms with Crippen LogP contribution in [0.2, 0.25) is 5.02 Å². The average molecular weight is 411 g/mol. The number of sulfonamides is 1. The highest BCUT2D eigenvalue weighted by Gasteiger charge is 2.28. The lowest BCUT2D eigenvalue weighted by Crippen LogP contribution is -2.40. The van der Waals surface area contributed by atoms with Crippen molar-refractivity contribution in [3.05, 3.63) is 53.1 Å². The van der Waals surface area contributed by atoms with E-state index in [2.05, 4.69) is 5.32 Å². The van der Waals surface area contributed by atoms with E-state index in [1.807, 2.05) is 0 Å². The minimum atomic E-state index is -3.77. The number of methoxy groups -OCH3 is 1. The van der Waals surface area contributed by atoms with Gasteiger partial charge in [-0.1, -0.05) is 11.6 Å². The number of amides is 1. The number of morpholine rings is 1. The molecule has 0 unspecified atom stereocenters. The Morgan fingerprint density at radius 1 is 1.15 bits per heavy atom. The zero-order chi connectivity index (χ0) is 19.4. The Balaban J connectivity index is 1.83. The minimum Gasteiger partial charge on any atom is -0.497 e. The van der Waals surface area contributed by atoms with Crippen molar-refractivity contribution in [3.63, 3.8) is 0 Å². The van der Waals surface area contributed by atoms with Gasteiger partial charge in [-0.25, -0.2) is 8.42 Å². The molecule has 1 heterocycles. The molecule has 0 bridgehead atoms. The third-order valence-corrected chi connectivity index (χ3v) is 6.51. The van der Waals surface area contributed by atoms with E-state index in [1.165, 1.54) is 16.4 Å². The summed E-state index contributed by atoms with van der Waals surface area (Å²) in [6.07, 6.45) is 0. The maximum Gasteiger partial charge on any atom is 0.255 e. The van der Waals surface area contributed by atoms with Gasteiger partial charge in [0, 0.05) is 24.3 Å². The van der Waals surface area contributed by atoms with Crippen molar-refractivity contribution in [2.75, 3.05) is 38.7 Å². The van der Waals surface area contributed by atoms with Crippen LogP contribution in [-0.4, -0.2) is 52.0 Å². The second kappa shape index (κ2) is 8.26. The van der Waals surface area contributed by atoms with Crippen molar-refractivity contribution < 1.29 is 22.7 Å². The Labute approximate surface area is 162 Å². The van der Waals surface area contributed by atoms with Gasteiger partial charge in [-0.15, -0.1) is 0 Å². The number of ether oxygens (including phenoxy) is 2. The molecule has 2 aromatic carbocycles. The molecule has 1 aliphatic rings. The van der Waals surface area contributed by atoms with Gasteiger partial charge in [0.05, 0.1) is 25.3 Å². The Morgan fingerprint density at radius 3 is 2.44 bits per heavy atom. The molecule has 1 aliphatic heterocycles. The number of rotatable bonds is 5. The summed E-state index contributed by atoms with van der Waals surface area (Å²) < 4.78 is 37.3. The first-order valence-electron chi connectivity index (χ1n) is 8.24. The SMILES string of the molecule is COc1ccc(C(=O)Nc2ccc(Cl)c(S(=O)(=O)N3CCOCC3)c2)cc1. The van der Waals surface area contributed by atoms with E-state index in [0.29, 0.717) is 30.2 Å². The van der Waals surface area contributed by atoms with Gasteiger partial charge in [0.25, 0.3) is 5.91 Å². The monoisotopic (exact) mass is 410 g/mol. The van der Waals surface area contributed by atoms with E-state index in [1.54, 1.807) is 37.4 Å². The van der Waals surface area contributed by atoms with Crippen LogP contribution < -0.4 is 10.1 Å². The Bertz CT molecular complexity index is 925. The van der Waals surface area contributed by atoms with Crippen LogP contribution in [0.4, 0.5) is 5.69 Å². The van der Waals surface area contributed by atoms with Crippen LogP contribution in [0.15, 0.2) is 47.4 Å². The number of anilines is 1. The largest absolute Gasteiger partial charge is 0.497 e. The van der Waals surface area contributed by atoms with Crippen LogP contribution >= 0.6 is 11.6 Å². The van der Waals surface area contributed by atoms with Gasteiger partial charge in [0.1, 0.15) is 10.6 Å². The molecule has 0 atom stereocenters. The summed E-state index contributed by atoms with van der Waals surface area (Å²) in [4.78, 5) is 12.4. The van der Waals surface area contributed by atoms with Crippen molar-refractivity contribution in [2.24, 2.45) is 0 Å². The fraction of sp³-hybridized carbons (Fsp3) is 0.278. The Kier molecular flexibility index (Phi) is 6.01. The number of hydrogen-bond acceptors (Lipinski definition) is 5. The lowest BCUT2D eigenvalue weighted by Gasteiger charge is -2.26. The summed E-state index contributed by atoms with van der Waals surface area (Å²) in [6, 6.07) is 11.0. The van der Waals surface area contributed by atoms with Crippen molar-refractivity contribution in [1.29, 1.82) is 0 Å². The molecular weight excluding hydrogens is 392 g/mol. The summed E-state index contributed by atoms with van der Waals surface area (Å²) in [5.74, 6) is 0.270. The third-order valence-electron chi connectivity index (χ3n) is 4.13. The predicted molar refractivity (Wildman–Crippen MR) is 102 cm³/mol. The summed E-state index contributed by atoms with van der Waals surface area (Å²) in [5, 5.41) is 2.79. The third kappa shape index (κ3) is 4.41. The van der Waals surface area contributed by atoms with E-state index >= 15 is 0 Å². The number of nitrogens with zero attached hydrogens (tertiary/aromatic N) is 1. The van der Waals surface area contributed by atoms with E-state index in [4.69, 9.17) is 21.1 Å². The summed E-state index contributed by atoms with van der Waals surface area (Å²) in [5.41, 5.74) is 0.760. The highest BCUT2D eigenvalue weighted by Crippen LogP contribution is 2.28. The molecule has 3 rings (SSSR count). The quantitative estimate of drug-likeness (QED) is 0.819. The number of carbonyl (C=O) groups excluding carboxylic acids is 1. The van der Waals surface area contributed by atoms with Gasteiger partial charge >= 0.3 is 0 Å². The van der Waals surface area contributed by atoms with Crippen LogP contribution in [0, 0.1) is 0 Å². The zero-order valence-corrected chi connectivity index (χ0v) is 16.2. The molecule has 144 valence electrons. The number of benzene rings is 2. The van der Waals surface area contributed by atoms with E-state index < -0.39 is 10.0 Å². The lowest BCUT2D eigenvalue weighted by atomic mass is 10.2. The average Bonchev–Trinajstić information content (AvgIpc) is 2.70. The number of halogens is 1. The molecule has 0 aromatic heterocycles. The molecule has 1 saturated heterocycles. The molecule has 2 aromatic rings. The molecule has 7 nitrogen and oxygen atoms in total. The van der Waals surface area contributed by atoms with Crippen molar-refractivity contribution in [2.45, 2.75) is 4.90 Å². The fourth-order valence-corrected chi connectivity index (χ4v) is 4.56. The van der Waals surface area contributed by atoms with Gasteiger partial charge in [0.15, 0.2) is 0 Å². The van der Waals surface area contributed by atoms with Gasteiger partial charge in [0.2, 0.25) is 10.0 Å². The summed E-state index contributed by atoms with van der Waals surface area (Å²) >= 11 is 6.12. The molecule has 0 aliphatic carbocycles. The van der Waals surface area contributed by atoms with E-state index in [-0.39, 0.29) is 28.9 Å². The number of carbonyl (C=O) groups is 1. The highest BCUT2D eigenvalue weighted by atomic mass is 35.5. The maximum absolute atomic E-state index is 12.8. The molecule has 9 heteroatoms. The standard InChI is InChI=1S/C18H19ClN2O5S/c1-25-15-5-2-13(3-6-15)18(22)20-14-4-7-16(19)17(12-14)27(23,24)21-8-10-26-11-9-21/h2-7,12H,8-11H2,1H3,(H,20,22). The fourth-order valence-electron chi connectivity index (χ4n) is 2.65. The first-order chi connectivity index (χ1) is 12.9.